The lowest BCUT2D eigenvalue weighted by molar-refractivity contribution is -0.277. The van der Waals surface area contributed by atoms with Crippen molar-refractivity contribution >= 4 is 11.1 Å². The van der Waals surface area contributed by atoms with Crippen LogP contribution in [0.4, 0.5) is 35.1 Å². The molecule has 0 saturated heterocycles. The fourth-order valence-electron chi connectivity index (χ4n) is 5.55. The van der Waals surface area contributed by atoms with E-state index in [1.807, 2.05) is 0 Å². The summed E-state index contributed by atoms with van der Waals surface area (Å²) in [6.07, 6.45) is -12.4. The van der Waals surface area contributed by atoms with Gasteiger partial charge in [-0.25, -0.2) is 8.78 Å². The predicted molar refractivity (Wildman–Crippen MR) is 143 cm³/mol. The summed E-state index contributed by atoms with van der Waals surface area (Å²) in [7, 11) is 0. The van der Waals surface area contributed by atoms with Gasteiger partial charge in [0.1, 0.15) is 54.0 Å². The molecule has 6 nitrogen and oxygen atoms in total. The number of hydrogen-bond acceptors (Lipinski definition) is 4. The van der Waals surface area contributed by atoms with Crippen LogP contribution in [0.2, 0.25) is 0 Å². The highest BCUT2D eigenvalue weighted by Crippen LogP contribution is 2.43. The summed E-state index contributed by atoms with van der Waals surface area (Å²) in [6, 6.07) is 11.3. The van der Waals surface area contributed by atoms with E-state index in [0.29, 0.717) is 0 Å². The van der Waals surface area contributed by atoms with E-state index >= 15 is 0 Å². The molecule has 228 valence electrons. The molecular weight excluding hydrogens is 624 g/mol. The predicted octanol–water partition coefficient (Wildman–Crippen LogP) is 6.67. The number of nitrogens with zero attached hydrogens (tertiary/aromatic N) is 4. The highest BCUT2D eigenvalue weighted by Gasteiger charge is 2.43. The van der Waals surface area contributed by atoms with Crippen molar-refractivity contribution in [3.63, 3.8) is 0 Å². The molecule has 0 unspecified atom stereocenters. The zero-order chi connectivity index (χ0) is 33.6. The summed E-state index contributed by atoms with van der Waals surface area (Å²) in [6.45, 7) is 15.0. The van der Waals surface area contributed by atoms with E-state index in [1.54, 1.807) is 12.1 Å². The zero-order valence-corrected chi connectivity index (χ0v) is 22.7. The van der Waals surface area contributed by atoms with Crippen LogP contribution in [0.3, 0.4) is 0 Å². The fourth-order valence-corrected chi connectivity index (χ4v) is 5.55. The van der Waals surface area contributed by atoms with Gasteiger partial charge in [-0.2, -0.15) is 20.2 Å². The van der Waals surface area contributed by atoms with Crippen LogP contribution >= 0.6 is 0 Å². The van der Waals surface area contributed by atoms with Crippen molar-refractivity contribution in [2.24, 2.45) is 0 Å². The number of ether oxygens (including phenoxy) is 2. The van der Waals surface area contributed by atoms with Crippen LogP contribution in [-0.2, 0) is 12.8 Å². The molecule has 3 aromatic carbocycles. The van der Waals surface area contributed by atoms with Gasteiger partial charge in [-0.05, 0) is 52.1 Å². The molecule has 0 spiro atoms. The van der Waals surface area contributed by atoms with Crippen molar-refractivity contribution in [3.05, 3.63) is 138 Å². The summed E-state index contributed by atoms with van der Waals surface area (Å²) in [5, 5.41) is 18.2. The van der Waals surface area contributed by atoms with Gasteiger partial charge in [0.25, 0.3) is 0 Å². The minimum atomic E-state index is -5.45. The second-order valence-electron chi connectivity index (χ2n) is 9.68. The van der Waals surface area contributed by atoms with Crippen molar-refractivity contribution in [3.8, 4) is 23.6 Å². The van der Waals surface area contributed by atoms with Gasteiger partial charge in [-0.3, -0.25) is 0 Å². The lowest BCUT2D eigenvalue weighted by Gasteiger charge is -2.19. The molecule has 0 saturated carbocycles. The fraction of sp³-hybridized carbons (Fsp3) is 0.125. The molecule has 0 N–H and O–H groups in total. The standard InChI is InChI=1S/C32H12F8N4O2/c1-43-30(44-2)23-12-22-27(25(23)16-5-9-19(34)10-6-16)28(45-31(35,36)37)21-11-20(17(13-41)14-42)24(15-3-7-18(33)8-4-15)26(21)29(22)46-32(38,39)40/h3-10H,11-12H2. The topological polar surface area (TPSA) is 74.8 Å². The molecule has 0 atom stereocenters. The Labute approximate surface area is 253 Å². The maximum atomic E-state index is 14.1. The minimum Gasteiger partial charge on any atom is -0.405 e. The van der Waals surface area contributed by atoms with E-state index < -0.39 is 81.7 Å². The molecule has 0 bridgehead atoms. The molecular formula is C32H12F8N4O2. The number of benzene rings is 3. The maximum Gasteiger partial charge on any atom is 0.573 e. The van der Waals surface area contributed by atoms with Gasteiger partial charge in [0.2, 0.25) is 0 Å². The quantitative estimate of drug-likeness (QED) is 0.182. The van der Waals surface area contributed by atoms with Crippen molar-refractivity contribution in [2.45, 2.75) is 25.6 Å². The van der Waals surface area contributed by atoms with E-state index in [-0.39, 0.29) is 33.4 Å². The summed E-state index contributed by atoms with van der Waals surface area (Å²) in [5.74, 6) is -4.30. The van der Waals surface area contributed by atoms with Gasteiger partial charge < -0.3 is 9.47 Å². The minimum absolute atomic E-state index is 0.0591. The first kappa shape index (κ1) is 31.3. The second kappa shape index (κ2) is 11.4. The highest BCUT2D eigenvalue weighted by atomic mass is 19.4. The van der Waals surface area contributed by atoms with Crippen LogP contribution in [0.15, 0.2) is 71.1 Å². The Kier molecular flexibility index (Phi) is 7.78. The van der Waals surface area contributed by atoms with Crippen molar-refractivity contribution < 1.29 is 44.6 Å². The number of hydrogen-bond donors (Lipinski definition) is 0. The van der Waals surface area contributed by atoms with Crippen molar-refractivity contribution in [1.29, 1.82) is 10.5 Å². The van der Waals surface area contributed by atoms with Gasteiger partial charge >= 0.3 is 18.5 Å². The SMILES string of the molecule is [C-]#[N+]C([N+]#[C-])=C1Cc2c(OC(F)(F)F)c3c(c(OC(F)(F)F)c2=C1c1ccc(F)cc1)CC(=C(C#N)C#N)C=3c1ccc(F)cc1. The number of allylic oxidation sites excluding steroid dienone is 3. The third kappa shape index (κ3) is 5.60. The van der Waals surface area contributed by atoms with Gasteiger partial charge in [0.05, 0.1) is 5.57 Å². The Hall–Kier alpha value is -6.12. The molecule has 0 aromatic heterocycles. The summed E-state index contributed by atoms with van der Waals surface area (Å²) in [5.41, 5.74) is -3.10. The van der Waals surface area contributed by atoms with Crippen LogP contribution in [0.25, 0.3) is 20.8 Å². The number of rotatable bonds is 4. The lowest BCUT2D eigenvalue weighted by Crippen LogP contribution is -2.32. The normalized spacial score (nSPS) is 13.7. The van der Waals surface area contributed by atoms with Crippen LogP contribution in [0.5, 0.6) is 11.5 Å². The van der Waals surface area contributed by atoms with Crippen LogP contribution in [0, 0.1) is 47.4 Å². The average Bonchev–Trinajstić information content (AvgIpc) is 3.57. The van der Waals surface area contributed by atoms with E-state index in [9.17, 15) is 45.6 Å². The number of fused-ring (bicyclic) bond motifs is 2. The molecule has 2 aliphatic rings. The highest BCUT2D eigenvalue weighted by molar-refractivity contribution is 5.91. The smallest absolute Gasteiger partial charge is 0.405 e. The van der Waals surface area contributed by atoms with Gasteiger partial charge in [0.15, 0.2) is 0 Å². The Morgan fingerprint density at radius 3 is 1.37 bits per heavy atom. The number of halogens is 8. The van der Waals surface area contributed by atoms with E-state index in [4.69, 9.17) is 13.1 Å². The maximum absolute atomic E-state index is 14.1. The van der Waals surface area contributed by atoms with Gasteiger partial charge in [-0.1, -0.05) is 24.3 Å². The zero-order valence-electron chi connectivity index (χ0n) is 22.7. The second-order valence-corrected chi connectivity index (χ2v) is 9.68. The monoisotopic (exact) mass is 636 g/mol. The Bertz CT molecular complexity index is 1980. The van der Waals surface area contributed by atoms with E-state index in [2.05, 4.69) is 19.2 Å². The molecule has 2 aliphatic carbocycles. The third-order valence-corrected chi connectivity index (χ3v) is 7.12. The Balaban J connectivity index is 2.15. The molecule has 5 rings (SSSR count). The van der Waals surface area contributed by atoms with E-state index in [1.165, 1.54) is 0 Å². The molecule has 14 heteroatoms. The van der Waals surface area contributed by atoms with Gasteiger partial charge in [-0.15, -0.1) is 26.3 Å². The van der Waals surface area contributed by atoms with Crippen LogP contribution in [-0.4, -0.2) is 12.7 Å². The van der Waals surface area contributed by atoms with E-state index in [0.717, 1.165) is 48.5 Å². The van der Waals surface area contributed by atoms with Crippen LogP contribution in [0.1, 0.15) is 22.3 Å². The summed E-state index contributed by atoms with van der Waals surface area (Å²) < 4.78 is 121. The molecule has 0 radical (unpaired) electrons. The molecule has 3 aromatic rings. The largest absolute Gasteiger partial charge is 0.573 e. The molecule has 46 heavy (non-hydrogen) atoms. The Morgan fingerprint density at radius 1 is 0.652 bits per heavy atom. The molecule has 0 amide bonds. The number of nitriles is 2. The lowest BCUT2D eigenvalue weighted by atomic mass is 9.95. The summed E-state index contributed by atoms with van der Waals surface area (Å²) >= 11 is 0. The van der Waals surface area contributed by atoms with Crippen molar-refractivity contribution in [1.82, 2.24) is 0 Å². The first-order valence-corrected chi connectivity index (χ1v) is 12.7. The summed E-state index contributed by atoms with van der Waals surface area (Å²) in [4.78, 5) is 6.23. The Morgan fingerprint density at radius 2 is 1.02 bits per heavy atom. The first-order valence-electron chi connectivity index (χ1n) is 12.7. The first-order chi connectivity index (χ1) is 21.7. The average molecular weight is 636 g/mol. The van der Waals surface area contributed by atoms with Crippen molar-refractivity contribution in [2.75, 3.05) is 0 Å². The molecule has 0 fully saturated rings. The molecule has 0 heterocycles. The van der Waals surface area contributed by atoms with Gasteiger partial charge in [0, 0.05) is 34.4 Å². The molecule has 0 aliphatic heterocycles. The number of alkyl halides is 6. The third-order valence-electron chi connectivity index (χ3n) is 7.12. The van der Waals surface area contributed by atoms with Crippen LogP contribution < -0.4 is 19.9 Å².